The van der Waals surface area contributed by atoms with Crippen LogP contribution in [0, 0.1) is 0 Å². The zero-order chi connectivity index (χ0) is 17.7. The van der Waals surface area contributed by atoms with E-state index in [0.717, 1.165) is 0 Å². The first-order chi connectivity index (χ1) is 10.5. The van der Waals surface area contributed by atoms with Crippen molar-refractivity contribution in [3.63, 3.8) is 0 Å². The highest BCUT2D eigenvalue weighted by Gasteiger charge is 2.30. The average molecular weight is 333 g/mol. The second-order valence-electron chi connectivity index (χ2n) is 5.38. The lowest BCUT2D eigenvalue weighted by atomic mass is 10.0. The molecule has 23 heavy (non-hydrogen) atoms. The fourth-order valence-electron chi connectivity index (χ4n) is 1.70. The number of carbonyl (C=O) groups excluding carboxylic acids is 2. The largest absolute Gasteiger partial charge is 0.467 e. The van der Waals surface area contributed by atoms with Crippen molar-refractivity contribution in [2.75, 3.05) is 13.7 Å². The second-order valence-corrected chi connectivity index (χ2v) is 5.38. The van der Waals surface area contributed by atoms with Crippen LogP contribution in [0.5, 0.6) is 0 Å². The zero-order valence-corrected chi connectivity index (χ0v) is 13.0. The van der Waals surface area contributed by atoms with Gasteiger partial charge in [0.25, 0.3) is 5.91 Å². The molecule has 1 rings (SSSR count). The van der Waals surface area contributed by atoms with Crippen LogP contribution in [0.3, 0.4) is 0 Å². The molecule has 1 aromatic rings. The van der Waals surface area contributed by atoms with Gasteiger partial charge in [-0.3, -0.25) is 4.79 Å². The molecule has 0 aromatic heterocycles. The van der Waals surface area contributed by atoms with E-state index in [2.05, 4.69) is 14.8 Å². The molecule has 1 N–H and O–H groups in total. The number of halogens is 3. The number of rotatable bonds is 6. The number of carbonyl (C=O) groups is 2. The highest BCUT2D eigenvalue weighted by molar-refractivity contribution is 5.97. The second kappa shape index (κ2) is 7.45. The molecule has 128 valence electrons. The molecule has 1 amide bonds. The molecule has 0 heterocycles. The van der Waals surface area contributed by atoms with Gasteiger partial charge in [-0.25, -0.2) is 4.79 Å². The smallest absolute Gasteiger partial charge is 0.411 e. The normalized spacial score (nSPS) is 11.9. The molecule has 0 radical (unpaired) electrons. The highest BCUT2D eigenvalue weighted by atomic mass is 19.4. The molecule has 0 bridgehead atoms. The first-order valence-electron chi connectivity index (χ1n) is 6.69. The number of esters is 1. The van der Waals surface area contributed by atoms with Crippen LogP contribution in [0.25, 0.3) is 0 Å². The van der Waals surface area contributed by atoms with E-state index in [0.29, 0.717) is 5.56 Å². The first kappa shape index (κ1) is 19.0. The maximum atomic E-state index is 12.0. The van der Waals surface area contributed by atoms with E-state index >= 15 is 0 Å². The van der Waals surface area contributed by atoms with Gasteiger partial charge in [0.15, 0.2) is 0 Å². The predicted molar refractivity (Wildman–Crippen MR) is 75.7 cm³/mol. The van der Waals surface area contributed by atoms with Crippen LogP contribution in [-0.2, 0) is 20.9 Å². The van der Waals surface area contributed by atoms with Gasteiger partial charge in [0, 0.05) is 5.56 Å². The Bertz CT molecular complexity index is 553. The molecule has 8 heteroatoms. The van der Waals surface area contributed by atoms with Gasteiger partial charge < -0.3 is 14.8 Å². The molecule has 1 aromatic carbocycles. The lowest BCUT2D eigenvalue weighted by Crippen LogP contribution is -2.50. The number of alkyl halides is 3. The summed E-state index contributed by atoms with van der Waals surface area (Å²) < 4.78 is 45.0. The SMILES string of the molecule is COC(=O)C(C)(C)NC(=O)c1ccc(COCC(F)(F)F)cc1. The molecule has 0 aliphatic carbocycles. The summed E-state index contributed by atoms with van der Waals surface area (Å²) >= 11 is 0. The number of ether oxygens (including phenoxy) is 2. The average Bonchev–Trinajstić information content (AvgIpc) is 2.45. The monoisotopic (exact) mass is 333 g/mol. The summed E-state index contributed by atoms with van der Waals surface area (Å²) in [6, 6.07) is 5.84. The Morgan fingerprint density at radius 1 is 1.13 bits per heavy atom. The Hall–Kier alpha value is -2.09. The maximum Gasteiger partial charge on any atom is 0.411 e. The minimum atomic E-state index is -4.38. The Kier molecular flexibility index (Phi) is 6.14. The summed E-state index contributed by atoms with van der Waals surface area (Å²) in [5.41, 5.74) is -0.431. The number of amides is 1. The molecule has 0 fully saturated rings. The maximum absolute atomic E-state index is 12.0. The third-order valence-corrected chi connectivity index (χ3v) is 2.87. The molecule has 0 aliphatic rings. The van der Waals surface area contributed by atoms with Crippen LogP contribution in [0.2, 0.25) is 0 Å². The minimum absolute atomic E-state index is 0.213. The summed E-state index contributed by atoms with van der Waals surface area (Å²) in [5, 5.41) is 2.51. The van der Waals surface area contributed by atoms with Gasteiger partial charge in [0.1, 0.15) is 12.1 Å². The van der Waals surface area contributed by atoms with Crippen molar-refractivity contribution < 1.29 is 32.2 Å². The van der Waals surface area contributed by atoms with Gasteiger partial charge in [-0.2, -0.15) is 13.2 Å². The van der Waals surface area contributed by atoms with Crippen LogP contribution in [0.15, 0.2) is 24.3 Å². The van der Waals surface area contributed by atoms with Crippen LogP contribution in [0.1, 0.15) is 29.8 Å². The minimum Gasteiger partial charge on any atom is -0.467 e. The first-order valence-corrected chi connectivity index (χ1v) is 6.69. The summed E-state index contributed by atoms with van der Waals surface area (Å²) in [4.78, 5) is 23.5. The molecular weight excluding hydrogens is 315 g/mol. The lowest BCUT2D eigenvalue weighted by molar-refractivity contribution is -0.176. The third kappa shape index (κ3) is 6.27. The van der Waals surface area contributed by atoms with Crippen molar-refractivity contribution in [1.29, 1.82) is 0 Å². The van der Waals surface area contributed by atoms with Gasteiger partial charge in [-0.05, 0) is 31.5 Å². The van der Waals surface area contributed by atoms with Gasteiger partial charge >= 0.3 is 12.1 Å². The third-order valence-electron chi connectivity index (χ3n) is 2.87. The molecule has 0 unspecified atom stereocenters. The fraction of sp³-hybridized carbons (Fsp3) is 0.467. The predicted octanol–water partition coefficient (Wildman–Crippen LogP) is 2.45. The molecule has 0 spiro atoms. The van der Waals surface area contributed by atoms with E-state index in [9.17, 15) is 22.8 Å². The van der Waals surface area contributed by atoms with Crippen LogP contribution >= 0.6 is 0 Å². The Morgan fingerprint density at radius 3 is 2.17 bits per heavy atom. The number of methoxy groups -OCH3 is 1. The van der Waals surface area contributed by atoms with Crippen LogP contribution in [0.4, 0.5) is 13.2 Å². The Morgan fingerprint density at radius 2 is 1.70 bits per heavy atom. The van der Waals surface area contributed by atoms with Crippen molar-refractivity contribution in [2.24, 2.45) is 0 Å². The summed E-state index contributed by atoms with van der Waals surface area (Å²) in [7, 11) is 1.21. The summed E-state index contributed by atoms with van der Waals surface area (Å²) in [5.74, 6) is -1.09. The highest BCUT2D eigenvalue weighted by Crippen LogP contribution is 2.16. The number of benzene rings is 1. The topological polar surface area (TPSA) is 64.6 Å². The van der Waals surface area contributed by atoms with E-state index < -0.39 is 30.2 Å². The van der Waals surface area contributed by atoms with E-state index in [-0.39, 0.29) is 12.2 Å². The van der Waals surface area contributed by atoms with Crippen molar-refractivity contribution in [2.45, 2.75) is 32.2 Å². The molecule has 0 atom stereocenters. The number of hydrogen-bond donors (Lipinski definition) is 1. The van der Waals surface area contributed by atoms with E-state index in [4.69, 9.17) is 0 Å². The molecule has 0 aliphatic heterocycles. The molecule has 0 saturated carbocycles. The van der Waals surface area contributed by atoms with E-state index in [1.807, 2.05) is 0 Å². The number of nitrogens with one attached hydrogen (secondary N) is 1. The fourth-order valence-corrected chi connectivity index (χ4v) is 1.70. The standard InChI is InChI=1S/C15H18F3NO4/c1-14(2,13(21)22-3)19-12(20)11-6-4-10(5-7-11)8-23-9-15(16,17)18/h4-7H,8-9H2,1-3H3,(H,19,20). The Labute approximate surface area is 131 Å². The lowest BCUT2D eigenvalue weighted by Gasteiger charge is -2.23. The van der Waals surface area contributed by atoms with Crippen molar-refractivity contribution >= 4 is 11.9 Å². The number of hydrogen-bond acceptors (Lipinski definition) is 4. The molecule has 0 saturated heterocycles. The Balaban J connectivity index is 2.62. The molecule has 5 nitrogen and oxygen atoms in total. The van der Waals surface area contributed by atoms with Crippen LogP contribution in [-0.4, -0.2) is 37.3 Å². The van der Waals surface area contributed by atoms with E-state index in [1.165, 1.54) is 45.2 Å². The molecular formula is C15H18F3NO4. The van der Waals surface area contributed by atoms with Gasteiger partial charge in [-0.1, -0.05) is 12.1 Å². The van der Waals surface area contributed by atoms with Crippen LogP contribution < -0.4 is 5.32 Å². The summed E-state index contributed by atoms with van der Waals surface area (Å²) in [6.07, 6.45) is -4.38. The van der Waals surface area contributed by atoms with Gasteiger partial charge in [0.05, 0.1) is 13.7 Å². The van der Waals surface area contributed by atoms with E-state index in [1.54, 1.807) is 0 Å². The van der Waals surface area contributed by atoms with Crippen molar-refractivity contribution in [3.8, 4) is 0 Å². The van der Waals surface area contributed by atoms with Crippen molar-refractivity contribution in [1.82, 2.24) is 5.32 Å². The summed E-state index contributed by atoms with van der Waals surface area (Å²) in [6.45, 7) is 1.45. The van der Waals surface area contributed by atoms with Gasteiger partial charge in [0.2, 0.25) is 0 Å². The van der Waals surface area contributed by atoms with Crippen molar-refractivity contribution in [3.05, 3.63) is 35.4 Å². The van der Waals surface area contributed by atoms with Gasteiger partial charge in [-0.15, -0.1) is 0 Å². The zero-order valence-electron chi connectivity index (χ0n) is 13.0. The quantitative estimate of drug-likeness (QED) is 0.812.